The molecule has 12 aromatic carbocycles. The highest BCUT2D eigenvalue weighted by Gasteiger charge is 2.27. The Labute approximate surface area is 319 Å². The maximum absolute atomic E-state index is 2.57. The smallest absolute Gasteiger partial charge is 0.000709 e. The molecule has 0 aromatic heterocycles. The van der Waals surface area contributed by atoms with Gasteiger partial charge in [0, 0.05) is 0 Å². The van der Waals surface area contributed by atoms with Crippen molar-refractivity contribution in [3.63, 3.8) is 0 Å². The lowest BCUT2D eigenvalue weighted by Gasteiger charge is -2.19. The van der Waals surface area contributed by atoms with E-state index in [1.807, 2.05) is 0 Å². The third kappa shape index (κ3) is 4.23. The summed E-state index contributed by atoms with van der Waals surface area (Å²) in [4.78, 5) is 0. The molecule has 12 rings (SSSR count). The van der Waals surface area contributed by atoms with Gasteiger partial charge in [-0.2, -0.15) is 0 Å². The highest BCUT2D eigenvalue weighted by atomic mass is 14.3. The van der Waals surface area contributed by atoms with Gasteiger partial charge in [0.2, 0.25) is 0 Å². The summed E-state index contributed by atoms with van der Waals surface area (Å²) in [5.41, 5.74) is 11.4. The second-order valence-corrected chi connectivity index (χ2v) is 15.2. The molecule has 0 radical (unpaired) electrons. The van der Waals surface area contributed by atoms with E-state index in [9.17, 15) is 0 Å². The van der Waals surface area contributed by atoms with Gasteiger partial charge in [0.1, 0.15) is 0 Å². The molecule has 0 unspecified atom stereocenters. The molecule has 0 heterocycles. The molecule has 0 amide bonds. The van der Waals surface area contributed by atoms with E-state index in [-0.39, 0.29) is 0 Å². The Morgan fingerprint density at radius 2 is 0.709 bits per heavy atom. The normalized spacial score (nSPS) is 12.1. The van der Waals surface area contributed by atoms with Gasteiger partial charge in [-0.25, -0.2) is 0 Å². The van der Waals surface area contributed by atoms with Crippen LogP contribution in [0.2, 0.25) is 0 Å². The second-order valence-electron chi connectivity index (χ2n) is 15.2. The van der Waals surface area contributed by atoms with Crippen LogP contribution in [-0.2, 0) is 0 Å². The molecule has 0 atom stereocenters. The fourth-order valence-corrected chi connectivity index (χ4v) is 10.1. The van der Waals surface area contributed by atoms with Crippen LogP contribution < -0.4 is 0 Å². The number of fused-ring (bicyclic) bond motifs is 8. The van der Waals surface area contributed by atoms with E-state index in [0.717, 1.165) is 0 Å². The molecule has 0 saturated carbocycles. The minimum Gasteiger partial charge on any atom is -0.0622 e. The SMILES string of the molecule is Cc1cc2cccc3c4c(-c5ccccc5)c5cc6c7c(-c8ccccc8)ccc(-c8ccccc8)c7c7cccc(c5c(-c5ccccc5)c4c(c1)c23)c76. The number of aryl methyl sites for hydroxylation is 1. The van der Waals surface area contributed by atoms with Crippen LogP contribution in [0.25, 0.3) is 120 Å². The Balaban J connectivity index is 1.41. The third-order valence-electron chi connectivity index (χ3n) is 12.1. The number of hydrogen-bond donors (Lipinski definition) is 0. The summed E-state index contributed by atoms with van der Waals surface area (Å²) in [5, 5.41) is 18.5. The highest BCUT2D eigenvalue weighted by Crippen LogP contribution is 2.56. The van der Waals surface area contributed by atoms with Gasteiger partial charge in [-0.1, -0.05) is 182 Å². The lowest BCUT2D eigenvalue weighted by molar-refractivity contribution is 1.53. The number of hydrogen-bond acceptors (Lipinski definition) is 0. The van der Waals surface area contributed by atoms with Gasteiger partial charge in [0.05, 0.1) is 0 Å². The van der Waals surface area contributed by atoms with Crippen LogP contribution in [-0.4, -0.2) is 0 Å². The Bertz CT molecular complexity index is 3430. The van der Waals surface area contributed by atoms with Gasteiger partial charge in [0.15, 0.2) is 0 Å². The van der Waals surface area contributed by atoms with Crippen LogP contribution in [0.1, 0.15) is 5.56 Å². The zero-order valence-electron chi connectivity index (χ0n) is 30.4. The van der Waals surface area contributed by atoms with Gasteiger partial charge in [0.25, 0.3) is 0 Å². The number of rotatable bonds is 4. The molecular formula is C55H34. The molecule has 0 aliphatic carbocycles. The van der Waals surface area contributed by atoms with Crippen molar-refractivity contribution in [3.8, 4) is 44.5 Å². The standard InChI is InChI=1S/C55H34/c1-33-30-38-24-14-25-41-47(38)44(31-33)55-49(37-22-12-5-13-23-37)53-43-27-15-26-42-50(43)46(32-45(53)48(54(41)55)36-20-10-4-11-21-36)52-40(35-18-8-3-9-19-35)29-28-39(51(42)52)34-16-6-2-7-17-34/h2-32H,1H3. The largest absolute Gasteiger partial charge is 0.0622 e. The molecule has 0 fully saturated rings. The summed E-state index contributed by atoms with van der Waals surface area (Å²) in [6.07, 6.45) is 0. The van der Waals surface area contributed by atoms with Gasteiger partial charge in [-0.3, -0.25) is 0 Å². The minimum atomic E-state index is 1.24. The second kappa shape index (κ2) is 11.5. The fourth-order valence-electron chi connectivity index (χ4n) is 10.1. The first-order valence-corrected chi connectivity index (χ1v) is 19.3. The molecule has 0 saturated heterocycles. The maximum Gasteiger partial charge on any atom is -0.000709 e. The maximum atomic E-state index is 2.57. The van der Waals surface area contributed by atoms with E-state index in [2.05, 4.69) is 195 Å². The monoisotopic (exact) mass is 694 g/mol. The first-order chi connectivity index (χ1) is 27.2. The highest BCUT2D eigenvalue weighted by molar-refractivity contribution is 6.46. The van der Waals surface area contributed by atoms with Crippen molar-refractivity contribution in [3.05, 3.63) is 194 Å². The first-order valence-electron chi connectivity index (χ1n) is 19.3. The van der Waals surface area contributed by atoms with Crippen molar-refractivity contribution in [1.29, 1.82) is 0 Å². The van der Waals surface area contributed by atoms with Crippen LogP contribution in [0, 0.1) is 6.92 Å². The van der Waals surface area contributed by atoms with Crippen molar-refractivity contribution < 1.29 is 0 Å². The Morgan fingerprint density at radius 3 is 1.31 bits per heavy atom. The summed E-state index contributed by atoms with van der Waals surface area (Å²) >= 11 is 0. The van der Waals surface area contributed by atoms with Crippen LogP contribution in [0.3, 0.4) is 0 Å². The number of benzene rings is 10. The molecule has 12 aromatic rings. The summed E-state index contributed by atoms with van der Waals surface area (Å²) in [5.74, 6) is 0. The topological polar surface area (TPSA) is 0 Å². The summed E-state index contributed by atoms with van der Waals surface area (Å²) in [7, 11) is 0. The molecule has 254 valence electrons. The Hall–Kier alpha value is -7.02. The minimum absolute atomic E-state index is 1.24. The van der Waals surface area contributed by atoms with E-state index >= 15 is 0 Å². The molecule has 0 nitrogen and oxygen atoms in total. The summed E-state index contributed by atoms with van der Waals surface area (Å²) < 4.78 is 0. The van der Waals surface area contributed by atoms with Gasteiger partial charge in [-0.05, 0) is 138 Å². The summed E-state index contributed by atoms with van der Waals surface area (Å²) in [6.45, 7) is 2.24. The van der Waals surface area contributed by atoms with Crippen LogP contribution in [0.4, 0.5) is 0 Å². The van der Waals surface area contributed by atoms with E-state index in [4.69, 9.17) is 0 Å². The third-order valence-corrected chi connectivity index (χ3v) is 12.1. The zero-order valence-corrected chi connectivity index (χ0v) is 30.4. The average molecular weight is 695 g/mol. The predicted octanol–water partition coefficient (Wildman–Crippen LogP) is 15.6. The molecular weight excluding hydrogens is 661 g/mol. The van der Waals surface area contributed by atoms with Crippen molar-refractivity contribution in [2.24, 2.45) is 0 Å². The molecule has 0 spiro atoms. The van der Waals surface area contributed by atoms with Crippen LogP contribution in [0.5, 0.6) is 0 Å². The van der Waals surface area contributed by atoms with Crippen LogP contribution >= 0.6 is 0 Å². The Kier molecular flexibility index (Phi) is 6.36. The molecule has 0 aliphatic heterocycles. The lowest BCUT2D eigenvalue weighted by atomic mass is 9.83. The summed E-state index contributed by atoms with van der Waals surface area (Å²) in [6, 6.07) is 70.2. The zero-order chi connectivity index (χ0) is 36.2. The molecule has 0 aliphatic rings. The Morgan fingerprint density at radius 1 is 0.255 bits per heavy atom. The van der Waals surface area contributed by atoms with Gasteiger partial charge in [-0.15, -0.1) is 0 Å². The fraction of sp³-hybridized carbons (Fsp3) is 0.0182. The van der Waals surface area contributed by atoms with Crippen molar-refractivity contribution >= 4 is 75.4 Å². The van der Waals surface area contributed by atoms with Crippen molar-refractivity contribution in [2.45, 2.75) is 6.92 Å². The van der Waals surface area contributed by atoms with E-state index in [1.54, 1.807) is 0 Å². The lowest BCUT2D eigenvalue weighted by Crippen LogP contribution is -1.91. The first kappa shape index (κ1) is 30.4. The van der Waals surface area contributed by atoms with Gasteiger partial charge < -0.3 is 0 Å². The molecule has 0 N–H and O–H groups in total. The van der Waals surface area contributed by atoms with E-state index in [0.29, 0.717) is 0 Å². The van der Waals surface area contributed by atoms with E-state index in [1.165, 1.54) is 125 Å². The van der Waals surface area contributed by atoms with Crippen LogP contribution in [0.15, 0.2) is 188 Å². The molecule has 0 heteroatoms. The van der Waals surface area contributed by atoms with Crippen molar-refractivity contribution in [1.82, 2.24) is 0 Å². The average Bonchev–Trinajstić information content (AvgIpc) is 3.75. The predicted molar refractivity (Wildman–Crippen MR) is 238 cm³/mol. The molecule has 0 bridgehead atoms. The van der Waals surface area contributed by atoms with E-state index < -0.39 is 0 Å². The molecule has 55 heavy (non-hydrogen) atoms. The van der Waals surface area contributed by atoms with Gasteiger partial charge >= 0.3 is 0 Å². The quantitative estimate of drug-likeness (QED) is 0.161. The van der Waals surface area contributed by atoms with Crippen molar-refractivity contribution in [2.75, 3.05) is 0 Å².